The first-order chi connectivity index (χ1) is 9.19. The van der Waals surface area contributed by atoms with Crippen LogP contribution in [-0.4, -0.2) is 15.7 Å². The van der Waals surface area contributed by atoms with Crippen molar-refractivity contribution in [3.63, 3.8) is 0 Å². The maximum Gasteiger partial charge on any atom is 0.166 e. The number of hydrogen-bond donors (Lipinski definition) is 0. The smallest absolute Gasteiger partial charge is 0.166 e. The Morgan fingerprint density at radius 1 is 1.11 bits per heavy atom. The molecule has 0 aliphatic heterocycles. The minimum atomic E-state index is 0.611. The summed E-state index contributed by atoms with van der Waals surface area (Å²) < 4.78 is 1.82. The van der Waals surface area contributed by atoms with Crippen molar-refractivity contribution in [3.8, 4) is 11.3 Å². The summed E-state index contributed by atoms with van der Waals surface area (Å²) in [5.41, 5.74) is 5.87. The molecule has 2 aromatic heterocycles. The average molecular weight is 250 g/mol. The fourth-order valence-corrected chi connectivity index (χ4v) is 2.17. The van der Waals surface area contributed by atoms with Crippen molar-refractivity contribution in [2.75, 3.05) is 0 Å². The highest BCUT2D eigenvalue weighted by atomic mass is 16.1. The fourth-order valence-electron chi connectivity index (χ4n) is 2.17. The van der Waals surface area contributed by atoms with Crippen LogP contribution in [0.3, 0.4) is 0 Å². The van der Waals surface area contributed by atoms with E-state index in [1.165, 1.54) is 11.1 Å². The third-order valence-electron chi connectivity index (χ3n) is 3.45. The van der Waals surface area contributed by atoms with Gasteiger partial charge in [-0.25, -0.2) is 4.98 Å². The second-order valence-corrected chi connectivity index (χ2v) is 4.72. The zero-order valence-corrected chi connectivity index (χ0v) is 10.9. The summed E-state index contributed by atoms with van der Waals surface area (Å²) in [4.78, 5) is 15.6. The fraction of sp³-hybridized carbons (Fsp3) is 0.125. The molecule has 3 heteroatoms. The van der Waals surface area contributed by atoms with E-state index < -0.39 is 0 Å². The zero-order valence-electron chi connectivity index (χ0n) is 10.9. The predicted molar refractivity (Wildman–Crippen MR) is 75.5 cm³/mol. The maximum atomic E-state index is 11.0. The summed E-state index contributed by atoms with van der Waals surface area (Å²) in [6.45, 7) is 4.18. The van der Waals surface area contributed by atoms with Crippen molar-refractivity contribution in [2.45, 2.75) is 13.8 Å². The molecular weight excluding hydrogens is 236 g/mol. The number of pyridine rings is 1. The molecule has 2 heterocycles. The molecule has 0 aliphatic carbocycles. The van der Waals surface area contributed by atoms with Gasteiger partial charge in [-0.1, -0.05) is 18.2 Å². The van der Waals surface area contributed by atoms with Crippen molar-refractivity contribution in [1.82, 2.24) is 9.38 Å². The minimum absolute atomic E-state index is 0.611. The van der Waals surface area contributed by atoms with Crippen LogP contribution in [0.15, 0.2) is 42.6 Å². The van der Waals surface area contributed by atoms with E-state index >= 15 is 0 Å². The molecule has 0 amide bonds. The molecule has 1 aromatic carbocycles. The van der Waals surface area contributed by atoms with Crippen LogP contribution >= 0.6 is 0 Å². The third-order valence-corrected chi connectivity index (χ3v) is 3.45. The van der Waals surface area contributed by atoms with Crippen LogP contribution in [0.2, 0.25) is 0 Å². The van der Waals surface area contributed by atoms with Crippen LogP contribution in [0.25, 0.3) is 16.9 Å². The Morgan fingerprint density at radius 2 is 1.95 bits per heavy atom. The minimum Gasteiger partial charge on any atom is -0.296 e. The van der Waals surface area contributed by atoms with Gasteiger partial charge in [-0.05, 0) is 43.2 Å². The van der Waals surface area contributed by atoms with Crippen molar-refractivity contribution < 1.29 is 4.79 Å². The van der Waals surface area contributed by atoms with E-state index in [1.54, 1.807) is 6.07 Å². The number of aldehydes is 1. The Morgan fingerprint density at radius 3 is 2.68 bits per heavy atom. The first kappa shape index (κ1) is 11.7. The van der Waals surface area contributed by atoms with Gasteiger partial charge < -0.3 is 0 Å². The summed E-state index contributed by atoms with van der Waals surface area (Å²) in [6.07, 6.45) is 2.75. The molecule has 0 N–H and O–H groups in total. The molecule has 0 aliphatic rings. The number of imidazole rings is 1. The van der Waals surface area contributed by atoms with Gasteiger partial charge in [-0.3, -0.25) is 9.20 Å². The van der Waals surface area contributed by atoms with Crippen LogP contribution in [0.5, 0.6) is 0 Å². The maximum absolute atomic E-state index is 11.0. The highest BCUT2D eigenvalue weighted by Gasteiger charge is 2.07. The van der Waals surface area contributed by atoms with Crippen molar-refractivity contribution in [1.29, 1.82) is 0 Å². The van der Waals surface area contributed by atoms with Crippen LogP contribution in [0, 0.1) is 13.8 Å². The number of rotatable bonds is 2. The number of fused-ring (bicyclic) bond motifs is 1. The first-order valence-corrected chi connectivity index (χ1v) is 6.20. The Hall–Kier alpha value is -2.42. The van der Waals surface area contributed by atoms with E-state index in [1.807, 2.05) is 22.7 Å². The Bertz CT molecular complexity index is 772. The van der Waals surface area contributed by atoms with E-state index in [0.29, 0.717) is 5.69 Å². The van der Waals surface area contributed by atoms with E-state index in [4.69, 9.17) is 0 Å². The topological polar surface area (TPSA) is 34.4 Å². The molecule has 3 nitrogen and oxygen atoms in total. The lowest BCUT2D eigenvalue weighted by Gasteiger charge is -2.01. The van der Waals surface area contributed by atoms with Gasteiger partial charge in [0, 0.05) is 11.8 Å². The molecule has 94 valence electrons. The highest BCUT2D eigenvalue weighted by molar-refractivity contribution is 5.75. The van der Waals surface area contributed by atoms with E-state index in [9.17, 15) is 4.79 Å². The van der Waals surface area contributed by atoms with Crippen LogP contribution in [0.4, 0.5) is 0 Å². The predicted octanol–water partition coefficient (Wildman–Crippen LogP) is 3.43. The number of benzene rings is 1. The molecule has 19 heavy (non-hydrogen) atoms. The van der Waals surface area contributed by atoms with Gasteiger partial charge in [0.25, 0.3) is 0 Å². The summed E-state index contributed by atoms with van der Waals surface area (Å²) in [7, 11) is 0. The number of carbonyl (C=O) groups excluding carboxylic acids is 1. The van der Waals surface area contributed by atoms with Crippen molar-refractivity contribution >= 4 is 11.9 Å². The quantitative estimate of drug-likeness (QED) is 0.653. The number of nitrogens with zero attached hydrogens (tertiary/aromatic N) is 2. The summed E-state index contributed by atoms with van der Waals surface area (Å²) in [5, 5.41) is 0. The number of hydrogen-bond acceptors (Lipinski definition) is 2. The van der Waals surface area contributed by atoms with Gasteiger partial charge in [0.1, 0.15) is 5.65 Å². The van der Waals surface area contributed by atoms with E-state index in [0.717, 1.165) is 23.2 Å². The lowest BCUT2D eigenvalue weighted by molar-refractivity contribution is 0.111. The lowest BCUT2D eigenvalue weighted by Crippen LogP contribution is -1.91. The molecule has 0 saturated heterocycles. The molecule has 0 unspecified atom stereocenters. The summed E-state index contributed by atoms with van der Waals surface area (Å²) >= 11 is 0. The normalized spacial score (nSPS) is 10.8. The molecule has 3 aromatic rings. The van der Waals surface area contributed by atoms with Crippen molar-refractivity contribution in [3.05, 3.63) is 59.4 Å². The molecule has 3 rings (SSSR count). The van der Waals surface area contributed by atoms with Gasteiger partial charge in [0.2, 0.25) is 0 Å². The lowest BCUT2D eigenvalue weighted by atomic mass is 10.1. The average Bonchev–Trinajstić information content (AvgIpc) is 2.85. The van der Waals surface area contributed by atoms with Gasteiger partial charge >= 0.3 is 0 Å². The standard InChI is InChI=1S/C16H14N2O/c1-11-6-7-13(8-12(11)2)15-9-18-14(10-19)4-3-5-16(18)17-15/h3-10H,1-2H3. The molecule has 0 bridgehead atoms. The highest BCUT2D eigenvalue weighted by Crippen LogP contribution is 2.22. The molecule has 0 saturated carbocycles. The van der Waals surface area contributed by atoms with Crippen LogP contribution in [0.1, 0.15) is 21.6 Å². The first-order valence-electron chi connectivity index (χ1n) is 6.20. The van der Waals surface area contributed by atoms with Crippen LogP contribution in [-0.2, 0) is 0 Å². The Kier molecular flexibility index (Phi) is 2.67. The molecular formula is C16H14N2O. The largest absolute Gasteiger partial charge is 0.296 e. The van der Waals surface area contributed by atoms with Gasteiger partial charge in [0.05, 0.1) is 11.4 Å². The van der Waals surface area contributed by atoms with Gasteiger partial charge in [-0.2, -0.15) is 0 Å². The second kappa shape index (κ2) is 4.35. The zero-order chi connectivity index (χ0) is 13.4. The molecule has 0 spiro atoms. The SMILES string of the molecule is Cc1ccc(-c2cn3c(C=O)cccc3n2)cc1C. The third kappa shape index (κ3) is 1.93. The Labute approximate surface area is 111 Å². The van der Waals surface area contributed by atoms with Gasteiger partial charge in [0.15, 0.2) is 6.29 Å². The van der Waals surface area contributed by atoms with Crippen LogP contribution < -0.4 is 0 Å². The summed E-state index contributed by atoms with van der Waals surface area (Å²) in [6, 6.07) is 11.8. The number of aryl methyl sites for hydroxylation is 2. The molecule has 0 atom stereocenters. The van der Waals surface area contributed by atoms with Gasteiger partial charge in [-0.15, -0.1) is 0 Å². The monoisotopic (exact) mass is 250 g/mol. The molecule has 0 fully saturated rings. The van der Waals surface area contributed by atoms with Crippen molar-refractivity contribution in [2.24, 2.45) is 0 Å². The Balaban J connectivity index is 2.20. The number of aromatic nitrogens is 2. The van der Waals surface area contributed by atoms with E-state index in [-0.39, 0.29) is 0 Å². The second-order valence-electron chi connectivity index (χ2n) is 4.72. The summed E-state index contributed by atoms with van der Waals surface area (Å²) in [5.74, 6) is 0. The van der Waals surface area contributed by atoms with E-state index in [2.05, 4.69) is 37.0 Å². The molecule has 0 radical (unpaired) electrons. The number of carbonyl (C=O) groups is 1.